The van der Waals surface area contributed by atoms with Crippen LogP contribution in [0.4, 0.5) is 5.69 Å². The summed E-state index contributed by atoms with van der Waals surface area (Å²) in [5.41, 5.74) is 2.24. The fourth-order valence-electron chi connectivity index (χ4n) is 4.09. The lowest BCUT2D eigenvalue weighted by Gasteiger charge is -2.29. The number of ether oxygens (including phenoxy) is 2. The van der Waals surface area contributed by atoms with E-state index in [0.717, 1.165) is 30.8 Å². The molecule has 2 aromatic carbocycles. The standard InChI is InChI=1S/C24H24N4O3S/c1-2-13-28-23(21-15-30-19-11-5-6-12-20(19)31-21)25-26-24(28)32-16-22(29)27-14-7-9-17-8-3-4-10-18(17)27/h2-6,8,10-12,21H,1,7,9,13-16H2/t21-/m0/s1. The monoisotopic (exact) mass is 448 g/mol. The molecule has 0 N–H and O–H groups in total. The third kappa shape index (κ3) is 3.98. The minimum absolute atomic E-state index is 0.0723. The van der Waals surface area contributed by atoms with E-state index in [1.54, 1.807) is 6.08 Å². The zero-order chi connectivity index (χ0) is 21.9. The third-order valence-corrected chi connectivity index (χ3v) is 6.54. The summed E-state index contributed by atoms with van der Waals surface area (Å²) in [6.07, 6.45) is 3.40. The van der Waals surface area contributed by atoms with E-state index < -0.39 is 0 Å². The Kier molecular flexibility index (Phi) is 5.85. The lowest BCUT2D eigenvalue weighted by atomic mass is 10.0. The van der Waals surface area contributed by atoms with E-state index in [1.165, 1.54) is 17.3 Å². The lowest BCUT2D eigenvalue weighted by Crippen LogP contribution is -2.36. The molecule has 164 valence electrons. The molecule has 0 fully saturated rings. The highest BCUT2D eigenvalue weighted by molar-refractivity contribution is 7.99. The number of thioether (sulfide) groups is 1. The van der Waals surface area contributed by atoms with Crippen molar-refractivity contribution < 1.29 is 14.3 Å². The molecular weight excluding hydrogens is 424 g/mol. The topological polar surface area (TPSA) is 69.5 Å². The van der Waals surface area contributed by atoms with Crippen molar-refractivity contribution in [1.82, 2.24) is 14.8 Å². The second-order valence-electron chi connectivity index (χ2n) is 7.67. The molecule has 3 aromatic rings. The average molecular weight is 449 g/mol. The van der Waals surface area contributed by atoms with E-state index in [4.69, 9.17) is 9.47 Å². The molecule has 0 saturated heterocycles. The molecule has 1 amide bonds. The van der Waals surface area contributed by atoms with Crippen LogP contribution >= 0.6 is 11.8 Å². The van der Waals surface area contributed by atoms with Crippen LogP contribution in [-0.4, -0.2) is 39.6 Å². The maximum absolute atomic E-state index is 13.0. The summed E-state index contributed by atoms with van der Waals surface area (Å²) in [7, 11) is 0. The van der Waals surface area contributed by atoms with Gasteiger partial charge in [0.15, 0.2) is 28.6 Å². The summed E-state index contributed by atoms with van der Waals surface area (Å²) in [6, 6.07) is 15.7. The van der Waals surface area contributed by atoms with E-state index in [9.17, 15) is 4.79 Å². The largest absolute Gasteiger partial charge is 0.485 e. The first kappa shape index (κ1) is 20.6. The van der Waals surface area contributed by atoms with Gasteiger partial charge in [-0.1, -0.05) is 48.2 Å². The number of benzene rings is 2. The number of para-hydroxylation sites is 3. The molecule has 5 rings (SSSR count). The normalized spacial score (nSPS) is 17.0. The fourth-order valence-corrected chi connectivity index (χ4v) is 4.92. The number of carbonyl (C=O) groups excluding carboxylic acids is 1. The first-order chi connectivity index (χ1) is 15.7. The molecule has 7 nitrogen and oxygen atoms in total. The van der Waals surface area contributed by atoms with Crippen molar-refractivity contribution in [2.24, 2.45) is 0 Å². The number of amides is 1. The number of nitrogens with zero attached hydrogens (tertiary/aromatic N) is 4. The average Bonchev–Trinajstić information content (AvgIpc) is 3.24. The maximum atomic E-state index is 13.0. The van der Waals surface area contributed by atoms with Gasteiger partial charge in [-0.3, -0.25) is 9.36 Å². The summed E-state index contributed by atoms with van der Waals surface area (Å²) in [6.45, 7) is 5.47. The summed E-state index contributed by atoms with van der Waals surface area (Å²) < 4.78 is 13.9. The van der Waals surface area contributed by atoms with Crippen LogP contribution in [0.2, 0.25) is 0 Å². The van der Waals surface area contributed by atoms with E-state index in [2.05, 4.69) is 22.8 Å². The molecule has 0 radical (unpaired) electrons. The van der Waals surface area contributed by atoms with Gasteiger partial charge < -0.3 is 14.4 Å². The van der Waals surface area contributed by atoms with Crippen molar-refractivity contribution in [1.29, 1.82) is 0 Å². The van der Waals surface area contributed by atoms with Crippen LogP contribution in [0.1, 0.15) is 23.9 Å². The van der Waals surface area contributed by atoms with Gasteiger partial charge in [0.05, 0.1) is 5.75 Å². The fraction of sp³-hybridized carbons (Fsp3) is 0.292. The highest BCUT2D eigenvalue weighted by Crippen LogP contribution is 2.36. The summed E-state index contributed by atoms with van der Waals surface area (Å²) in [4.78, 5) is 14.9. The molecule has 0 bridgehead atoms. The number of anilines is 1. The van der Waals surface area contributed by atoms with Crippen LogP contribution in [0.15, 0.2) is 66.3 Å². The van der Waals surface area contributed by atoms with E-state index in [-0.39, 0.29) is 17.8 Å². The zero-order valence-corrected chi connectivity index (χ0v) is 18.5. The van der Waals surface area contributed by atoms with Crippen molar-refractivity contribution in [2.75, 3.05) is 23.8 Å². The molecule has 0 saturated carbocycles. The van der Waals surface area contributed by atoms with Gasteiger partial charge in [-0.2, -0.15) is 0 Å². The Balaban J connectivity index is 1.32. The number of carbonyl (C=O) groups is 1. The molecule has 1 aromatic heterocycles. The first-order valence-electron chi connectivity index (χ1n) is 10.7. The highest BCUT2D eigenvalue weighted by atomic mass is 32.2. The van der Waals surface area contributed by atoms with Crippen LogP contribution < -0.4 is 14.4 Å². The minimum Gasteiger partial charge on any atom is -0.485 e. The zero-order valence-electron chi connectivity index (χ0n) is 17.6. The Hall–Kier alpha value is -3.26. The smallest absolute Gasteiger partial charge is 0.237 e. The number of hydrogen-bond acceptors (Lipinski definition) is 6. The second kappa shape index (κ2) is 9.08. The first-order valence-corrected chi connectivity index (χ1v) is 11.7. The van der Waals surface area contributed by atoms with E-state index in [0.29, 0.717) is 29.9 Å². The van der Waals surface area contributed by atoms with E-state index in [1.807, 2.05) is 51.9 Å². The van der Waals surface area contributed by atoms with Crippen molar-refractivity contribution in [3.8, 4) is 11.5 Å². The summed E-state index contributed by atoms with van der Waals surface area (Å²) >= 11 is 1.39. The molecule has 0 spiro atoms. The van der Waals surface area contributed by atoms with Gasteiger partial charge in [0.25, 0.3) is 0 Å². The van der Waals surface area contributed by atoms with Crippen molar-refractivity contribution in [3.63, 3.8) is 0 Å². The van der Waals surface area contributed by atoms with Gasteiger partial charge in [0.2, 0.25) is 5.91 Å². The maximum Gasteiger partial charge on any atom is 0.237 e. The van der Waals surface area contributed by atoms with E-state index >= 15 is 0 Å². The highest BCUT2D eigenvalue weighted by Gasteiger charge is 2.29. The Labute approximate surface area is 191 Å². The van der Waals surface area contributed by atoms with Crippen molar-refractivity contribution in [3.05, 3.63) is 72.6 Å². The molecule has 3 heterocycles. The van der Waals surface area contributed by atoms with Gasteiger partial charge >= 0.3 is 0 Å². The van der Waals surface area contributed by atoms with Crippen molar-refractivity contribution in [2.45, 2.75) is 30.6 Å². The predicted octanol–water partition coefficient (Wildman–Crippen LogP) is 4.05. The summed E-state index contributed by atoms with van der Waals surface area (Å²) in [5.74, 6) is 2.43. The molecule has 0 unspecified atom stereocenters. The Morgan fingerprint density at radius 3 is 2.84 bits per heavy atom. The number of rotatable bonds is 6. The number of fused-ring (bicyclic) bond motifs is 2. The van der Waals surface area contributed by atoms with Crippen LogP contribution in [0.5, 0.6) is 11.5 Å². The van der Waals surface area contributed by atoms with Crippen LogP contribution in [0.3, 0.4) is 0 Å². The van der Waals surface area contributed by atoms with Gasteiger partial charge in [-0.05, 0) is 36.6 Å². The minimum atomic E-state index is -0.378. The predicted molar refractivity (Wildman–Crippen MR) is 123 cm³/mol. The molecule has 8 heteroatoms. The molecular formula is C24H24N4O3S. The number of aryl methyl sites for hydroxylation is 1. The molecule has 2 aliphatic heterocycles. The molecule has 32 heavy (non-hydrogen) atoms. The third-order valence-electron chi connectivity index (χ3n) is 5.59. The summed E-state index contributed by atoms with van der Waals surface area (Å²) in [5, 5.41) is 9.39. The molecule has 0 aliphatic carbocycles. The Morgan fingerprint density at radius 2 is 1.97 bits per heavy atom. The van der Waals surface area contributed by atoms with Crippen LogP contribution in [0.25, 0.3) is 0 Å². The Bertz CT molecular complexity index is 1150. The second-order valence-corrected chi connectivity index (χ2v) is 8.61. The lowest BCUT2D eigenvalue weighted by molar-refractivity contribution is -0.116. The van der Waals surface area contributed by atoms with Gasteiger partial charge in [0, 0.05) is 18.8 Å². The van der Waals surface area contributed by atoms with Gasteiger partial charge in [-0.25, -0.2) is 0 Å². The van der Waals surface area contributed by atoms with Gasteiger partial charge in [-0.15, -0.1) is 16.8 Å². The van der Waals surface area contributed by atoms with Crippen LogP contribution in [-0.2, 0) is 17.8 Å². The number of hydrogen-bond donors (Lipinski definition) is 0. The van der Waals surface area contributed by atoms with Crippen molar-refractivity contribution >= 4 is 23.4 Å². The number of aromatic nitrogens is 3. The molecule has 1 atom stereocenters. The van der Waals surface area contributed by atoms with Crippen LogP contribution in [0, 0.1) is 0 Å². The number of allylic oxidation sites excluding steroid dienone is 1. The quantitative estimate of drug-likeness (QED) is 0.419. The SMILES string of the molecule is C=CCn1c(SCC(=O)N2CCCc3ccccc32)nnc1[C@@H]1COc2ccccc2O1. The Morgan fingerprint density at radius 1 is 1.16 bits per heavy atom. The molecule has 2 aliphatic rings. The van der Waals surface area contributed by atoms with Gasteiger partial charge in [0.1, 0.15) is 6.61 Å².